The summed E-state index contributed by atoms with van der Waals surface area (Å²) in [6.45, 7) is 0. The Kier molecular flexibility index (Phi) is 3.70. The number of para-hydroxylation sites is 1. The summed E-state index contributed by atoms with van der Waals surface area (Å²) in [7, 11) is 0. The van der Waals surface area contributed by atoms with E-state index in [0.717, 1.165) is 10.9 Å². The summed E-state index contributed by atoms with van der Waals surface area (Å²) >= 11 is 6.43. The molecule has 0 bridgehead atoms. The number of rotatable bonds is 1. The van der Waals surface area contributed by atoms with Gasteiger partial charge in [-0.25, -0.2) is 4.98 Å². The third-order valence-corrected chi connectivity index (χ3v) is 4.92. The number of ether oxygens (including phenoxy) is 1. The molecule has 0 saturated heterocycles. The van der Waals surface area contributed by atoms with Gasteiger partial charge in [0.1, 0.15) is 22.6 Å². The number of aromatic nitrogens is 1. The highest BCUT2D eigenvalue weighted by Crippen LogP contribution is 2.45. The van der Waals surface area contributed by atoms with Crippen LogP contribution in [0.5, 0.6) is 0 Å². The molecule has 0 fully saturated rings. The zero-order valence-electron chi connectivity index (χ0n) is 13.3. The van der Waals surface area contributed by atoms with Crippen molar-refractivity contribution < 1.29 is 9.53 Å². The summed E-state index contributed by atoms with van der Waals surface area (Å²) in [6, 6.07) is 11.5. The summed E-state index contributed by atoms with van der Waals surface area (Å²) in [6.07, 6.45) is 1.76. The molecule has 5 nitrogen and oxygen atoms in total. The molecule has 1 atom stereocenters. The number of Topliss-reactive ketones (excluding diaryl/α,β-unsaturated/α-hetero) is 1. The molecule has 2 N–H and O–H groups in total. The molecule has 2 heterocycles. The maximum absolute atomic E-state index is 12.6. The Hall–Kier alpha value is -2.84. The van der Waals surface area contributed by atoms with Crippen molar-refractivity contribution >= 4 is 28.3 Å². The van der Waals surface area contributed by atoms with Crippen molar-refractivity contribution in [3.63, 3.8) is 0 Å². The van der Waals surface area contributed by atoms with E-state index in [-0.39, 0.29) is 22.4 Å². The number of nitrogens with zero attached hydrogens (tertiary/aromatic N) is 2. The molecule has 0 saturated carbocycles. The van der Waals surface area contributed by atoms with Crippen molar-refractivity contribution in [2.45, 2.75) is 25.2 Å². The lowest BCUT2D eigenvalue weighted by Crippen LogP contribution is -2.27. The number of allylic oxidation sites excluding steroid dienone is 3. The van der Waals surface area contributed by atoms with Crippen LogP contribution < -0.4 is 5.73 Å². The molecule has 1 aromatic heterocycles. The van der Waals surface area contributed by atoms with E-state index in [9.17, 15) is 10.1 Å². The van der Waals surface area contributed by atoms with Gasteiger partial charge in [0.25, 0.3) is 0 Å². The highest BCUT2D eigenvalue weighted by atomic mass is 35.5. The summed E-state index contributed by atoms with van der Waals surface area (Å²) in [5, 5.41) is 10.8. The van der Waals surface area contributed by atoms with Crippen LogP contribution in [0.2, 0.25) is 5.15 Å². The molecule has 0 radical (unpaired) electrons. The van der Waals surface area contributed by atoms with Crippen LogP contribution in [0.25, 0.3) is 10.9 Å². The van der Waals surface area contributed by atoms with E-state index >= 15 is 0 Å². The largest absolute Gasteiger partial charge is 0.444 e. The maximum Gasteiger partial charge on any atom is 0.205 e. The van der Waals surface area contributed by atoms with Gasteiger partial charge in [-0.1, -0.05) is 29.8 Å². The molecule has 1 aromatic carbocycles. The van der Waals surface area contributed by atoms with E-state index in [0.29, 0.717) is 36.2 Å². The molecule has 1 aliphatic carbocycles. The zero-order valence-corrected chi connectivity index (χ0v) is 14.0. The van der Waals surface area contributed by atoms with Gasteiger partial charge < -0.3 is 10.5 Å². The summed E-state index contributed by atoms with van der Waals surface area (Å²) in [4.78, 5) is 17.0. The smallest absolute Gasteiger partial charge is 0.205 e. The average Bonchev–Trinajstić information content (AvgIpc) is 2.60. The number of carbonyl (C=O) groups is 1. The summed E-state index contributed by atoms with van der Waals surface area (Å²) < 4.78 is 5.57. The number of ketones is 1. The highest BCUT2D eigenvalue weighted by molar-refractivity contribution is 6.30. The van der Waals surface area contributed by atoms with Crippen molar-refractivity contribution in [1.29, 1.82) is 5.26 Å². The first-order valence-electron chi connectivity index (χ1n) is 7.99. The van der Waals surface area contributed by atoms with Gasteiger partial charge in [0.15, 0.2) is 5.78 Å². The van der Waals surface area contributed by atoms with Crippen LogP contribution in [0.1, 0.15) is 30.7 Å². The number of hydrogen-bond acceptors (Lipinski definition) is 5. The Morgan fingerprint density at radius 3 is 2.92 bits per heavy atom. The summed E-state index contributed by atoms with van der Waals surface area (Å²) in [5.74, 6) is -0.0889. The SMILES string of the molecule is N#CC1=C(N)OC2=C(C(=O)CCC2)C1c1cc2ccccc2nc1Cl. The first-order chi connectivity index (χ1) is 12.1. The van der Waals surface area contributed by atoms with Crippen LogP contribution in [0, 0.1) is 11.3 Å². The number of carbonyl (C=O) groups excluding carboxylic acids is 1. The molecule has 4 rings (SSSR count). The van der Waals surface area contributed by atoms with Gasteiger partial charge in [0.2, 0.25) is 5.88 Å². The third kappa shape index (κ3) is 2.46. The van der Waals surface area contributed by atoms with E-state index in [1.807, 2.05) is 30.3 Å². The minimum Gasteiger partial charge on any atom is -0.444 e. The van der Waals surface area contributed by atoms with Crippen LogP contribution in [0.15, 0.2) is 53.1 Å². The molecular weight excluding hydrogens is 338 g/mol. The van der Waals surface area contributed by atoms with Crippen molar-refractivity contribution in [2.24, 2.45) is 5.73 Å². The number of benzene rings is 1. The van der Waals surface area contributed by atoms with E-state index in [2.05, 4.69) is 11.1 Å². The van der Waals surface area contributed by atoms with Crippen molar-refractivity contribution in [3.8, 4) is 6.07 Å². The minimum absolute atomic E-state index is 0.0317. The predicted octanol–water partition coefficient (Wildman–Crippen LogP) is 3.70. The van der Waals surface area contributed by atoms with Crippen LogP contribution in [-0.4, -0.2) is 10.8 Å². The molecule has 2 aliphatic rings. The van der Waals surface area contributed by atoms with Crippen molar-refractivity contribution in [1.82, 2.24) is 4.98 Å². The molecule has 6 heteroatoms. The van der Waals surface area contributed by atoms with Gasteiger partial charge in [0.05, 0.1) is 11.4 Å². The number of nitrogens with two attached hydrogens (primary N) is 1. The molecular formula is C19H14ClN3O2. The normalized spacial score (nSPS) is 20.3. The minimum atomic E-state index is -0.633. The van der Waals surface area contributed by atoms with Crippen molar-refractivity contribution in [3.05, 3.63) is 63.8 Å². The fraction of sp³-hybridized carbons (Fsp3) is 0.211. The lowest BCUT2D eigenvalue weighted by molar-refractivity contribution is -0.116. The molecule has 0 amide bonds. The highest BCUT2D eigenvalue weighted by Gasteiger charge is 2.39. The second-order valence-corrected chi connectivity index (χ2v) is 6.46. The Labute approximate surface area is 149 Å². The fourth-order valence-electron chi connectivity index (χ4n) is 3.48. The van der Waals surface area contributed by atoms with E-state index < -0.39 is 5.92 Å². The van der Waals surface area contributed by atoms with Crippen LogP contribution >= 0.6 is 11.6 Å². The van der Waals surface area contributed by atoms with Crippen molar-refractivity contribution in [2.75, 3.05) is 0 Å². The van der Waals surface area contributed by atoms with Gasteiger partial charge in [0, 0.05) is 29.4 Å². The topological polar surface area (TPSA) is 89.0 Å². The lowest BCUT2D eigenvalue weighted by Gasteiger charge is -2.31. The number of pyridine rings is 1. The van der Waals surface area contributed by atoms with Gasteiger partial charge in [-0.05, 0) is 18.6 Å². The number of halogens is 1. The van der Waals surface area contributed by atoms with Gasteiger partial charge >= 0.3 is 0 Å². The first kappa shape index (κ1) is 15.7. The van der Waals surface area contributed by atoms with E-state index in [1.165, 1.54) is 0 Å². The molecule has 124 valence electrons. The number of hydrogen-bond donors (Lipinski definition) is 1. The number of nitriles is 1. The van der Waals surface area contributed by atoms with E-state index in [1.54, 1.807) is 0 Å². The first-order valence-corrected chi connectivity index (χ1v) is 8.37. The quantitative estimate of drug-likeness (QED) is 0.791. The van der Waals surface area contributed by atoms with Gasteiger partial charge in [-0.3, -0.25) is 4.79 Å². The summed E-state index contributed by atoms with van der Waals surface area (Å²) in [5.41, 5.74) is 8.00. The zero-order chi connectivity index (χ0) is 17.6. The monoisotopic (exact) mass is 351 g/mol. The van der Waals surface area contributed by atoms with Crippen LogP contribution in [0.3, 0.4) is 0 Å². The Balaban J connectivity index is 1.98. The number of fused-ring (bicyclic) bond motifs is 1. The second-order valence-electron chi connectivity index (χ2n) is 6.10. The molecule has 0 spiro atoms. The maximum atomic E-state index is 12.6. The Morgan fingerprint density at radius 1 is 1.32 bits per heavy atom. The van der Waals surface area contributed by atoms with E-state index in [4.69, 9.17) is 22.1 Å². The third-order valence-electron chi connectivity index (χ3n) is 4.62. The molecule has 1 unspecified atom stereocenters. The molecule has 2 aromatic rings. The predicted molar refractivity (Wildman–Crippen MR) is 93.3 cm³/mol. The van der Waals surface area contributed by atoms with Crippen LogP contribution in [0.4, 0.5) is 0 Å². The molecule has 1 aliphatic heterocycles. The van der Waals surface area contributed by atoms with Gasteiger partial charge in [-0.15, -0.1) is 0 Å². The fourth-order valence-corrected chi connectivity index (χ4v) is 3.73. The lowest BCUT2D eigenvalue weighted by atomic mass is 9.78. The average molecular weight is 352 g/mol. The van der Waals surface area contributed by atoms with Crippen LogP contribution in [-0.2, 0) is 9.53 Å². The Morgan fingerprint density at radius 2 is 2.12 bits per heavy atom. The molecule has 25 heavy (non-hydrogen) atoms. The Bertz CT molecular complexity index is 1020. The standard InChI is InChI=1S/C19H14ClN3O2/c20-18-11(8-10-4-1-2-5-13(10)23-18)16-12(9-21)19(22)25-15-7-3-6-14(24)17(15)16/h1-2,4-5,8,16H,3,6-7,22H2. The van der Waals surface area contributed by atoms with Gasteiger partial charge in [-0.2, -0.15) is 5.26 Å². The second kappa shape index (κ2) is 5.91.